The van der Waals surface area contributed by atoms with Gasteiger partial charge in [0.05, 0.1) is 5.69 Å². The van der Waals surface area contributed by atoms with Crippen LogP contribution < -0.4 is 10.6 Å². The van der Waals surface area contributed by atoms with Crippen LogP contribution in [0.5, 0.6) is 0 Å². The number of carbonyl (C=O) groups is 2. The highest BCUT2D eigenvalue weighted by Crippen LogP contribution is 2.25. The van der Waals surface area contributed by atoms with E-state index in [1.54, 1.807) is 0 Å². The molecular formula is C15H15N3O2S. The van der Waals surface area contributed by atoms with E-state index in [2.05, 4.69) is 15.6 Å². The van der Waals surface area contributed by atoms with E-state index in [1.165, 1.54) is 16.9 Å². The first-order valence-corrected chi connectivity index (χ1v) is 7.62. The monoisotopic (exact) mass is 301 g/mol. The van der Waals surface area contributed by atoms with Gasteiger partial charge >= 0.3 is 0 Å². The van der Waals surface area contributed by atoms with Crippen molar-refractivity contribution in [3.05, 3.63) is 35.2 Å². The van der Waals surface area contributed by atoms with Crippen LogP contribution in [-0.2, 0) is 9.59 Å². The van der Waals surface area contributed by atoms with Gasteiger partial charge < -0.3 is 10.6 Å². The second kappa shape index (κ2) is 5.65. The third kappa shape index (κ3) is 3.11. The molecule has 2 N–H and O–H groups in total. The second-order valence-corrected chi connectivity index (χ2v) is 5.91. The molecule has 1 aromatic carbocycles. The van der Waals surface area contributed by atoms with Crippen molar-refractivity contribution in [2.75, 3.05) is 5.32 Å². The Morgan fingerprint density at radius 1 is 1.38 bits per heavy atom. The predicted octanol–water partition coefficient (Wildman–Crippen LogP) is 2.34. The van der Waals surface area contributed by atoms with Crippen molar-refractivity contribution in [2.45, 2.75) is 25.8 Å². The minimum Gasteiger partial charge on any atom is -0.344 e. The summed E-state index contributed by atoms with van der Waals surface area (Å²) in [7, 11) is 0. The fraction of sp³-hybridized carbons (Fsp3) is 0.267. The first-order chi connectivity index (χ1) is 10.1. The number of amides is 2. The zero-order valence-corrected chi connectivity index (χ0v) is 12.4. The summed E-state index contributed by atoms with van der Waals surface area (Å²) >= 11 is 1.38. The average Bonchev–Trinajstić information content (AvgIpc) is 3.09. The largest absolute Gasteiger partial charge is 0.344 e. The Morgan fingerprint density at radius 3 is 2.81 bits per heavy atom. The number of benzene rings is 1. The van der Waals surface area contributed by atoms with E-state index in [0.717, 1.165) is 11.3 Å². The third-order valence-electron chi connectivity index (χ3n) is 3.39. The van der Waals surface area contributed by atoms with Crippen LogP contribution in [0.15, 0.2) is 29.6 Å². The molecule has 2 amide bonds. The number of carbonyl (C=O) groups excluding carboxylic acids is 2. The van der Waals surface area contributed by atoms with Gasteiger partial charge in [-0.2, -0.15) is 0 Å². The highest BCUT2D eigenvalue weighted by atomic mass is 32.1. The van der Waals surface area contributed by atoms with Crippen LogP contribution in [0.1, 0.15) is 18.4 Å². The summed E-state index contributed by atoms with van der Waals surface area (Å²) in [6.07, 6.45) is 0.950. The third-order valence-corrected chi connectivity index (χ3v) is 4.15. The Bertz CT molecular complexity index is 678. The summed E-state index contributed by atoms with van der Waals surface area (Å²) in [6.45, 7) is 2.03. The topological polar surface area (TPSA) is 71.1 Å². The van der Waals surface area contributed by atoms with Crippen LogP contribution in [0.3, 0.4) is 0 Å². The van der Waals surface area contributed by atoms with Gasteiger partial charge in [-0.05, 0) is 13.3 Å². The Morgan fingerprint density at radius 2 is 2.14 bits per heavy atom. The van der Waals surface area contributed by atoms with Crippen LogP contribution >= 0.6 is 11.3 Å². The zero-order valence-electron chi connectivity index (χ0n) is 11.6. The highest BCUT2D eigenvalue weighted by molar-refractivity contribution is 7.14. The van der Waals surface area contributed by atoms with Gasteiger partial charge in [0, 0.05) is 17.4 Å². The molecule has 0 bridgehead atoms. The average molecular weight is 301 g/mol. The van der Waals surface area contributed by atoms with Gasteiger partial charge in [-0.1, -0.05) is 29.8 Å². The molecule has 5 nitrogen and oxygen atoms in total. The molecule has 0 aliphatic carbocycles. The summed E-state index contributed by atoms with van der Waals surface area (Å²) in [5.74, 6) is -0.278. The van der Waals surface area contributed by atoms with Crippen molar-refractivity contribution in [3.8, 4) is 11.3 Å². The number of anilines is 1. The van der Waals surface area contributed by atoms with Crippen LogP contribution in [0.25, 0.3) is 11.3 Å². The predicted molar refractivity (Wildman–Crippen MR) is 82.1 cm³/mol. The Labute approximate surface area is 126 Å². The number of rotatable bonds is 3. The minimum absolute atomic E-state index is 0.0744. The number of nitrogens with one attached hydrogen (secondary N) is 2. The lowest BCUT2D eigenvalue weighted by molar-refractivity contribution is -0.122. The van der Waals surface area contributed by atoms with Crippen molar-refractivity contribution in [3.63, 3.8) is 0 Å². The van der Waals surface area contributed by atoms with Crippen molar-refractivity contribution in [2.24, 2.45) is 0 Å². The number of aryl methyl sites for hydroxylation is 1. The molecule has 0 spiro atoms. The maximum atomic E-state index is 12.0. The standard InChI is InChI=1S/C15H15N3O2S/c1-9-2-4-10(5-3-9)12-8-21-15(17-12)18-14(20)11-6-7-13(19)16-11/h2-5,8,11H,6-7H2,1H3,(H,16,19)(H,17,18,20). The molecule has 1 unspecified atom stereocenters. The van der Waals surface area contributed by atoms with E-state index < -0.39 is 6.04 Å². The number of aromatic nitrogens is 1. The molecule has 1 aromatic heterocycles. The summed E-state index contributed by atoms with van der Waals surface area (Å²) in [5, 5.41) is 7.87. The van der Waals surface area contributed by atoms with E-state index >= 15 is 0 Å². The van der Waals surface area contributed by atoms with Crippen molar-refractivity contribution in [1.82, 2.24) is 10.3 Å². The molecule has 108 valence electrons. The fourth-order valence-electron chi connectivity index (χ4n) is 2.19. The number of hydrogen-bond donors (Lipinski definition) is 2. The molecule has 2 heterocycles. The number of hydrogen-bond acceptors (Lipinski definition) is 4. The summed E-state index contributed by atoms with van der Waals surface area (Å²) in [5.41, 5.74) is 3.05. The van der Waals surface area contributed by atoms with Gasteiger partial charge in [0.15, 0.2) is 5.13 Å². The normalized spacial score (nSPS) is 17.6. The lowest BCUT2D eigenvalue weighted by atomic mass is 10.1. The van der Waals surface area contributed by atoms with Crippen LogP contribution in [0, 0.1) is 6.92 Å². The summed E-state index contributed by atoms with van der Waals surface area (Å²) < 4.78 is 0. The van der Waals surface area contributed by atoms with E-state index in [4.69, 9.17) is 0 Å². The molecule has 21 heavy (non-hydrogen) atoms. The van der Waals surface area contributed by atoms with E-state index in [1.807, 2.05) is 36.6 Å². The van der Waals surface area contributed by atoms with Gasteiger partial charge in [-0.25, -0.2) is 4.98 Å². The molecule has 3 rings (SSSR count). The first kappa shape index (κ1) is 13.8. The van der Waals surface area contributed by atoms with Crippen LogP contribution in [0.4, 0.5) is 5.13 Å². The summed E-state index contributed by atoms with van der Waals surface area (Å²) in [4.78, 5) is 27.5. The van der Waals surface area contributed by atoms with Gasteiger partial charge in [0.1, 0.15) is 6.04 Å². The molecule has 1 saturated heterocycles. The van der Waals surface area contributed by atoms with Crippen LogP contribution in [-0.4, -0.2) is 22.8 Å². The molecule has 0 radical (unpaired) electrons. The minimum atomic E-state index is -0.441. The SMILES string of the molecule is Cc1ccc(-c2csc(NC(=O)C3CCC(=O)N3)n2)cc1. The molecule has 6 heteroatoms. The molecule has 2 aromatic rings. The first-order valence-electron chi connectivity index (χ1n) is 6.74. The molecule has 0 saturated carbocycles. The van der Waals surface area contributed by atoms with Crippen molar-refractivity contribution < 1.29 is 9.59 Å². The lowest BCUT2D eigenvalue weighted by Gasteiger charge is -2.08. The quantitative estimate of drug-likeness (QED) is 0.914. The Kier molecular flexibility index (Phi) is 3.70. The van der Waals surface area contributed by atoms with Crippen molar-refractivity contribution in [1.29, 1.82) is 0 Å². The van der Waals surface area contributed by atoms with Gasteiger partial charge in [0.2, 0.25) is 11.8 Å². The molecule has 1 aliphatic heterocycles. The zero-order chi connectivity index (χ0) is 14.8. The fourth-order valence-corrected chi connectivity index (χ4v) is 2.91. The van der Waals surface area contributed by atoms with E-state index in [0.29, 0.717) is 18.0 Å². The maximum absolute atomic E-state index is 12.0. The van der Waals surface area contributed by atoms with E-state index in [9.17, 15) is 9.59 Å². The maximum Gasteiger partial charge on any atom is 0.248 e. The smallest absolute Gasteiger partial charge is 0.248 e. The second-order valence-electron chi connectivity index (χ2n) is 5.05. The van der Waals surface area contributed by atoms with Crippen LogP contribution in [0.2, 0.25) is 0 Å². The Hall–Kier alpha value is -2.21. The molecule has 1 aliphatic rings. The van der Waals surface area contributed by atoms with Gasteiger partial charge in [-0.3, -0.25) is 9.59 Å². The van der Waals surface area contributed by atoms with E-state index in [-0.39, 0.29) is 11.8 Å². The highest BCUT2D eigenvalue weighted by Gasteiger charge is 2.27. The Balaban J connectivity index is 1.69. The molecule has 1 fully saturated rings. The molecule has 1 atom stereocenters. The number of thiazole rings is 1. The summed E-state index contributed by atoms with van der Waals surface area (Å²) in [6, 6.07) is 7.63. The number of nitrogens with zero attached hydrogens (tertiary/aromatic N) is 1. The lowest BCUT2D eigenvalue weighted by Crippen LogP contribution is -2.37. The van der Waals surface area contributed by atoms with Gasteiger partial charge in [0.25, 0.3) is 0 Å². The van der Waals surface area contributed by atoms with Gasteiger partial charge in [-0.15, -0.1) is 11.3 Å². The molecular weight excluding hydrogens is 286 g/mol. The van der Waals surface area contributed by atoms with Crippen molar-refractivity contribution >= 4 is 28.3 Å².